The van der Waals surface area contributed by atoms with Crippen molar-refractivity contribution < 1.29 is 19.0 Å². The molecule has 0 saturated carbocycles. The molecule has 1 fully saturated rings. The SMILES string of the molecule is C=CC[N+]1=C(n2nc(C)cc2C)N=C2C1C(=O)N(CC(C)=O)C(=O)N2C. The fourth-order valence-corrected chi connectivity index (χ4v) is 3.20. The Labute approximate surface area is 150 Å². The summed E-state index contributed by atoms with van der Waals surface area (Å²) in [5.41, 5.74) is 1.68. The Balaban J connectivity index is 2.14. The molecule has 0 spiro atoms. The van der Waals surface area contributed by atoms with E-state index in [4.69, 9.17) is 0 Å². The lowest BCUT2D eigenvalue weighted by Crippen LogP contribution is -2.63. The van der Waals surface area contributed by atoms with E-state index in [9.17, 15) is 14.4 Å². The van der Waals surface area contributed by atoms with Gasteiger partial charge in [-0.3, -0.25) is 19.4 Å². The number of aromatic nitrogens is 2. The predicted molar refractivity (Wildman–Crippen MR) is 94.2 cm³/mol. The van der Waals surface area contributed by atoms with Crippen molar-refractivity contribution in [3.63, 3.8) is 0 Å². The van der Waals surface area contributed by atoms with Crippen LogP contribution in [0.2, 0.25) is 0 Å². The molecule has 26 heavy (non-hydrogen) atoms. The highest BCUT2D eigenvalue weighted by Gasteiger charge is 2.53. The largest absolute Gasteiger partial charge is 0.421 e. The molecule has 1 unspecified atom stereocenters. The summed E-state index contributed by atoms with van der Waals surface area (Å²) in [6, 6.07) is 0.544. The third-order valence-electron chi connectivity index (χ3n) is 4.29. The van der Waals surface area contributed by atoms with E-state index in [0.717, 1.165) is 16.3 Å². The van der Waals surface area contributed by atoms with Gasteiger partial charge in [0.2, 0.25) is 11.9 Å². The highest BCUT2D eigenvalue weighted by atomic mass is 16.2. The maximum atomic E-state index is 13.0. The number of imide groups is 1. The summed E-state index contributed by atoms with van der Waals surface area (Å²) in [6.07, 6.45) is 1.66. The van der Waals surface area contributed by atoms with Gasteiger partial charge in [-0.2, -0.15) is 0 Å². The fraction of sp³-hybridized carbons (Fsp3) is 0.412. The lowest BCUT2D eigenvalue weighted by atomic mass is 10.1. The van der Waals surface area contributed by atoms with Crippen molar-refractivity contribution in [1.29, 1.82) is 0 Å². The maximum Gasteiger partial charge on any atom is 0.421 e. The number of carbonyl (C=O) groups excluding carboxylic acids is 3. The van der Waals surface area contributed by atoms with Crippen molar-refractivity contribution in [2.45, 2.75) is 26.8 Å². The highest BCUT2D eigenvalue weighted by molar-refractivity contribution is 6.23. The molecule has 136 valence electrons. The molecule has 0 aromatic carbocycles. The van der Waals surface area contributed by atoms with Gasteiger partial charge in [0.25, 0.3) is 5.91 Å². The van der Waals surface area contributed by atoms with Crippen molar-refractivity contribution in [2.24, 2.45) is 4.99 Å². The van der Waals surface area contributed by atoms with Gasteiger partial charge in [0.05, 0.1) is 18.8 Å². The zero-order valence-corrected chi connectivity index (χ0v) is 15.3. The van der Waals surface area contributed by atoms with Crippen molar-refractivity contribution >= 4 is 29.5 Å². The van der Waals surface area contributed by atoms with Crippen LogP contribution < -0.4 is 0 Å². The monoisotopic (exact) mass is 357 g/mol. The van der Waals surface area contributed by atoms with Gasteiger partial charge in [0.1, 0.15) is 11.5 Å². The molecule has 3 rings (SSSR count). The number of likely N-dealkylation sites (N-methyl/N-ethyl adjacent to an activating group) is 1. The molecular weight excluding hydrogens is 336 g/mol. The first kappa shape index (κ1) is 17.7. The van der Waals surface area contributed by atoms with E-state index in [1.165, 1.54) is 11.8 Å². The molecule has 0 bridgehead atoms. The Morgan fingerprint density at radius 3 is 2.62 bits per heavy atom. The minimum absolute atomic E-state index is 0.261. The number of nitrogens with zero attached hydrogens (tertiary/aromatic N) is 6. The molecule has 3 heterocycles. The molecule has 0 radical (unpaired) electrons. The summed E-state index contributed by atoms with van der Waals surface area (Å²) in [5.74, 6) is 0.0364. The fourth-order valence-electron chi connectivity index (χ4n) is 3.20. The Morgan fingerprint density at radius 1 is 1.38 bits per heavy atom. The average molecular weight is 357 g/mol. The van der Waals surface area contributed by atoms with Crippen LogP contribution in [0.4, 0.5) is 4.79 Å². The van der Waals surface area contributed by atoms with Crippen molar-refractivity contribution in [2.75, 3.05) is 20.1 Å². The summed E-state index contributed by atoms with van der Waals surface area (Å²) in [7, 11) is 1.55. The summed E-state index contributed by atoms with van der Waals surface area (Å²) in [5, 5.41) is 4.43. The predicted octanol–water partition coefficient (Wildman–Crippen LogP) is 0.166. The zero-order chi connectivity index (χ0) is 19.2. The van der Waals surface area contributed by atoms with Crippen LogP contribution in [0.5, 0.6) is 0 Å². The van der Waals surface area contributed by atoms with Crippen LogP contribution in [0.1, 0.15) is 18.3 Å². The number of amides is 3. The van der Waals surface area contributed by atoms with Crippen LogP contribution >= 0.6 is 0 Å². The Kier molecular flexibility index (Phi) is 4.31. The van der Waals surface area contributed by atoms with E-state index in [2.05, 4.69) is 16.7 Å². The van der Waals surface area contributed by atoms with Crippen molar-refractivity contribution in [3.8, 4) is 0 Å². The lowest BCUT2D eigenvalue weighted by molar-refractivity contribution is -0.527. The van der Waals surface area contributed by atoms with Gasteiger partial charge in [-0.15, -0.1) is 9.78 Å². The molecule has 1 aromatic rings. The average Bonchev–Trinajstić information content (AvgIpc) is 3.09. The third-order valence-corrected chi connectivity index (χ3v) is 4.29. The normalized spacial score (nSPS) is 19.8. The number of hydrogen-bond donors (Lipinski definition) is 0. The van der Waals surface area contributed by atoms with Crippen LogP contribution in [-0.2, 0) is 9.59 Å². The first-order valence-electron chi connectivity index (χ1n) is 8.21. The second-order valence-corrected chi connectivity index (χ2v) is 6.42. The van der Waals surface area contributed by atoms with Crippen LogP contribution in [0.25, 0.3) is 0 Å². The van der Waals surface area contributed by atoms with Gasteiger partial charge < -0.3 is 0 Å². The second kappa shape index (κ2) is 6.32. The highest BCUT2D eigenvalue weighted by Crippen LogP contribution is 2.21. The number of aliphatic imine (C=N–C) groups is 1. The number of carbonyl (C=O) groups is 3. The van der Waals surface area contributed by atoms with Crippen LogP contribution in [-0.4, -0.2) is 79.9 Å². The van der Waals surface area contributed by atoms with Crippen molar-refractivity contribution in [1.82, 2.24) is 19.6 Å². The molecule has 2 aliphatic heterocycles. The molecule has 9 heteroatoms. The number of urea groups is 1. The van der Waals surface area contributed by atoms with Gasteiger partial charge in [0.15, 0.2) is 0 Å². The van der Waals surface area contributed by atoms with E-state index < -0.39 is 18.0 Å². The zero-order valence-electron chi connectivity index (χ0n) is 15.3. The molecule has 2 aliphatic rings. The third kappa shape index (κ3) is 2.65. The van der Waals surface area contributed by atoms with Crippen molar-refractivity contribution in [3.05, 3.63) is 30.1 Å². The van der Waals surface area contributed by atoms with Gasteiger partial charge in [-0.1, -0.05) is 17.6 Å². The van der Waals surface area contributed by atoms with E-state index in [1.807, 2.05) is 19.9 Å². The molecule has 9 nitrogen and oxygen atoms in total. The smallest absolute Gasteiger partial charge is 0.298 e. The summed E-state index contributed by atoms with van der Waals surface area (Å²) in [4.78, 5) is 43.8. The van der Waals surface area contributed by atoms with Crippen LogP contribution in [0.15, 0.2) is 23.7 Å². The second-order valence-electron chi connectivity index (χ2n) is 6.42. The molecule has 1 saturated heterocycles. The molecular formula is C17H21N6O3+. The Bertz CT molecular complexity index is 894. The Hall–Kier alpha value is -3.10. The Morgan fingerprint density at radius 2 is 2.08 bits per heavy atom. The van der Waals surface area contributed by atoms with E-state index in [-0.39, 0.29) is 12.3 Å². The minimum atomic E-state index is -0.797. The first-order valence-corrected chi connectivity index (χ1v) is 8.21. The number of fused-ring (bicyclic) bond motifs is 1. The quantitative estimate of drug-likeness (QED) is 0.567. The number of aryl methyl sites for hydroxylation is 2. The number of Topliss-reactive ketones (excluding diaryl/α,β-unsaturated/α-hetero) is 1. The topological polar surface area (TPSA) is 90.9 Å². The van der Waals surface area contributed by atoms with E-state index in [1.54, 1.807) is 22.4 Å². The van der Waals surface area contributed by atoms with Gasteiger partial charge in [-0.25, -0.2) is 9.37 Å². The van der Waals surface area contributed by atoms with Gasteiger partial charge >= 0.3 is 12.0 Å². The number of ketones is 1. The van der Waals surface area contributed by atoms with Crippen LogP contribution in [0.3, 0.4) is 0 Å². The summed E-state index contributed by atoms with van der Waals surface area (Å²) >= 11 is 0. The maximum absolute atomic E-state index is 13.0. The van der Waals surface area contributed by atoms with Gasteiger partial charge in [0, 0.05) is 7.05 Å². The molecule has 1 aromatic heterocycles. The number of amidine groups is 1. The summed E-state index contributed by atoms with van der Waals surface area (Å²) in [6.45, 7) is 8.93. The first-order chi connectivity index (χ1) is 12.3. The molecule has 1 atom stereocenters. The van der Waals surface area contributed by atoms with Gasteiger partial charge in [-0.05, 0) is 26.8 Å². The summed E-state index contributed by atoms with van der Waals surface area (Å²) < 4.78 is 3.38. The molecule has 0 N–H and O–H groups in total. The number of rotatable bonds is 4. The lowest BCUT2D eigenvalue weighted by Gasteiger charge is -2.33. The van der Waals surface area contributed by atoms with Crippen LogP contribution in [0, 0.1) is 13.8 Å². The minimum Gasteiger partial charge on any atom is -0.298 e. The van der Waals surface area contributed by atoms with E-state index >= 15 is 0 Å². The molecule has 3 amide bonds. The standard InChI is InChI=1S/C17H21N6O3/c1-6-7-21-13-14(18-16(21)23-11(3)8-10(2)19-23)20(5)17(26)22(15(13)25)9-12(4)24/h6,8,13H,1,7,9H2,2-5H3/q+1. The molecule has 0 aliphatic carbocycles. The number of hydrogen-bond acceptors (Lipinski definition) is 5. The van der Waals surface area contributed by atoms with E-state index in [0.29, 0.717) is 18.3 Å².